The second kappa shape index (κ2) is 11.0. The number of anilines is 2. The monoisotopic (exact) mass is 550 g/mol. The Bertz CT molecular complexity index is 1460. The molecule has 5 rings (SSSR count). The molecule has 5 heterocycles. The minimum Gasteiger partial charge on any atom is -0.497 e. The van der Waals surface area contributed by atoms with Crippen LogP contribution in [0.3, 0.4) is 0 Å². The maximum atomic E-state index is 13.7. The number of methoxy groups -OCH3 is 1. The zero-order valence-corrected chi connectivity index (χ0v) is 22.9. The number of carbonyl (C=O) groups excluding carboxylic acids is 2. The number of likely N-dealkylation sites (tertiary alicyclic amines) is 1. The quantitative estimate of drug-likeness (QED) is 0.287. The number of nitrogens with two attached hydrogens (primary N) is 1. The highest BCUT2D eigenvalue weighted by Crippen LogP contribution is 2.41. The number of amides is 2. The van der Waals surface area contributed by atoms with Crippen molar-refractivity contribution in [1.82, 2.24) is 30.2 Å². The minimum absolute atomic E-state index is 0.0452. The number of nitrogens with zero attached hydrogens (tertiary/aromatic N) is 5. The maximum Gasteiger partial charge on any atom is 0.260 e. The SMILES string of the molecule is COc1ccnc(CN2C(=O)/C(=C/c3[nH]c(C)c(C(=O)NCCN4CCCC4)c3C)c3c(Cl)nc(N)nc32)c1. The fourth-order valence-electron chi connectivity index (χ4n) is 5.15. The topological polar surface area (TPSA) is 142 Å². The summed E-state index contributed by atoms with van der Waals surface area (Å²) in [6, 6.07) is 3.47. The Hall–Kier alpha value is -3.96. The van der Waals surface area contributed by atoms with Gasteiger partial charge in [0, 0.05) is 36.7 Å². The number of fused-ring (bicyclic) bond motifs is 1. The van der Waals surface area contributed by atoms with E-state index in [4.69, 9.17) is 22.1 Å². The molecule has 0 radical (unpaired) electrons. The molecule has 39 heavy (non-hydrogen) atoms. The number of aromatic amines is 1. The lowest BCUT2D eigenvalue weighted by atomic mass is 10.1. The van der Waals surface area contributed by atoms with Gasteiger partial charge in [-0.1, -0.05) is 11.6 Å². The van der Waals surface area contributed by atoms with Gasteiger partial charge in [-0.2, -0.15) is 4.98 Å². The molecule has 0 unspecified atom stereocenters. The summed E-state index contributed by atoms with van der Waals surface area (Å²) in [6.45, 7) is 7.38. The molecule has 3 aromatic rings. The molecule has 1 saturated heterocycles. The summed E-state index contributed by atoms with van der Waals surface area (Å²) in [7, 11) is 1.56. The summed E-state index contributed by atoms with van der Waals surface area (Å²) in [5.41, 5.74) is 9.78. The number of H-pyrrole nitrogens is 1. The molecule has 0 aliphatic carbocycles. The van der Waals surface area contributed by atoms with Crippen molar-refractivity contribution in [2.75, 3.05) is 43.9 Å². The molecule has 0 aromatic carbocycles. The van der Waals surface area contributed by atoms with Crippen molar-refractivity contribution < 1.29 is 14.3 Å². The normalized spacial score (nSPS) is 16.3. The van der Waals surface area contributed by atoms with Crippen LogP contribution in [-0.2, 0) is 11.3 Å². The Kier molecular flexibility index (Phi) is 7.53. The van der Waals surface area contributed by atoms with Crippen LogP contribution in [0.1, 0.15) is 51.4 Å². The van der Waals surface area contributed by atoms with Crippen LogP contribution in [0, 0.1) is 13.8 Å². The van der Waals surface area contributed by atoms with E-state index in [-0.39, 0.29) is 29.5 Å². The molecule has 0 spiro atoms. The predicted octanol–water partition coefficient (Wildman–Crippen LogP) is 2.97. The average molecular weight is 551 g/mol. The van der Waals surface area contributed by atoms with E-state index < -0.39 is 0 Å². The first-order chi connectivity index (χ1) is 18.8. The highest BCUT2D eigenvalue weighted by Gasteiger charge is 2.37. The van der Waals surface area contributed by atoms with E-state index in [1.165, 1.54) is 17.7 Å². The largest absolute Gasteiger partial charge is 0.497 e. The summed E-state index contributed by atoms with van der Waals surface area (Å²) in [5, 5.41) is 3.10. The number of carbonyl (C=O) groups is 2. The highest BCUT2D eigenvalue weighted by atomic mass is 35.5. The van der Waals surface area contributed by atoms with E-state index in [2.05, 4.69) is 30.2 Å². The van der Waals surface area contributed by atoms with E-state index in [9.17, 15) is 9.59 Å². The van der Waals surface area contributed by atoms with Gasteiger partial charge in [0.25, 0.3) is 11.8 Å². The molecule has 12 heteroatoms. The molecule has 0 saturated carbocycles. The van der Waals surface area contributed by atoms with Crippen LogP contribution in [-0.4, -0.2) is 69.9 Å². The lowest BCUT2D eigenvalue weighted by Gasteiger charge is -2.16. The van der Waals surface area contributed by atoms with Gasteiger partial charge >= 0.3 is 0 Å². The van der Waals surface area contributed by atoms with Crippen molar-refractivity contribution in [2.45, 2.75) is 33.2 Å². The van der Waals surface area contributed by atoms with Crippen LogP contribution in [0.2, 0.25) is 5.15 Å². The van der Waals surface area contributed by atoms with Gasteiger partial charge in [-0.3, -0.25) is 19.5 Å². The van der Waals surface area contributed by atoms with E-state index in [0.29, 0.717) is 51.9 Å². The zero-order chi connectivity index (χ0) is 27.7. The van der Waals surface area contributed by atoms with Crippen LogP contribution in [0.25, 0.3) is 11.6 Å². The molecule has 0 atom stereocenters. The van der Waals surface area contributed by atoms with Crippen LogP contribution in [0.5, 0.6) is 5.75 Å². The Morgan fingerprint density at radius 3 is 2.79 bits per heavy atom. The standard InChI is InChI=1S/C27H31ClN8O3/c1-15-20(32-16(2)21(15)25(37)31-8-11-35-9-4-5-10-35)13-19-22-23(28)33-27(29)34-24(22)36(26(19)38)14-17-12-18(39-3)6-7-30-17/h6-7,12-13,32H,4-5,8-11,14H2,1-3H3,(H,31,37)(H2,29,33,34)/b19-13+. The first kappa shape index (κ1) is 26.6. The maximum absolute atomic E-state index is 13.7. The Morgan fingerprint density at radius 2 is 2.05 bits per heavy atom. The molecule has 204 valence electrons. The molecule has 4 N–H and O–H groups in total. The summed E-state index contributed by atoms with van der Waals surface area (Å²) >= 11 is 6.49. The van der Waals surface area contributed by atoms with E-state index >= 15 is 0 Å². The van der Waals surface area contributed by atoms with Gasteiger partial charge in [-0.25, -0.2) is 4.98 Å². The molecule has 11 nitrogen and oxygen atoms in total. The second-order valence-electron chi connectivity index (χ2n) is 9.68. The molecular formula is C27H31ClN8O3. The van der Waals surface area contributed by atoms with Gasteiger partial charge in [0.1, 0.15) is 10.9 Å². The summed E-state index contributed by atoms with van der Waals surface area (Å²) in [6.07, 6.45) is 5.71. The Labute approximate surface area is 231 Å². The zero-order valence-electron chi connectivity index (χ0n) is 22.2. The number of ether oxygens (including phenoxy) is 1. The molecule has 1 fully saturated rings. The van der Waals surface area contributed by atoms with Gasteiger partial charge in [0.05, 0.1) is 36.0 Å². The fraction of sp³-hybridized carbons (Fsp3) is 0.370. The number of nitrogen functional groups attached to an aromatic ring is 1. The third-order valence-electron chi connectivity index (χ3n) is 7.11. The van der Waals surface area contributed by atoms with Crippen LogP contribution < -0.4 is 20.7 Å². The van der Waals surface area contributed by atoms with E-state index in [1.54, 1.807) is 31.5 Å². The van der Waals surface area contributed by atoms with Gasteiger partial charge in [-0.05, 0) is 57.5 Å². The highest BCUT2D eigenvalue weighted by molar-refractivity contribution is 6.41. The molecule has 3 aromatic heterocycles. The summed E-state index contributed by atoms with van der Waals surface area (Å²) < 4.78 is 5.29. The number of hydrogen-bond acceptors (Lipinski definition) is 8. The summed E-state index contributed by atoms with van der Waals surface area (Å²) in [5.74, 6) is 0.389. The van der Waals surface area contributed by atoms with Gasteiger partial charge in [0.15, 0.2) is 5.82 Å². The smallest absolute Gasteiger partial charge is 0.260 e. The van der Waals surface area contributed by atoms with E-state index in [0.717, 1.165) is 25.2 Å². The number of halogens is 1. The first-order valence-electron chi connectivity index (χ1n) is 12.8. The second-order valence-corrected chi connectivity index (χ2v) is 10.0. The van der Waals surface area contributed by atoms with Gasteiger partial charge in [0.2, 0.25) is 5.95 Å². The van der Waals surface area contributed by atoms with Crippen LogP contribution in [0.15, 0.2) is 18.3 Å². The van der Waals surface area contributed by atoms with E-state index in [1.807, 2.05) is 13.8 Å². The average Bonchev–Trinajstić information content (AvgIpc) is 3.58. The first-order valence-corrected chi connectivity index (χ1v) is 13.2. The number of aryl methyl sites for hydroxylation is 1. The number of hydrogen-bond donors (Lipinski definition) is 3. The van der Waals surface area contributed by atoms with Gasteiger partial charge < -0.3 is 25.7 Å². The number of rotatable bonds is 8. The van der Waals surface area contributed by atoms with Crippen molar-refractivity contribution in [3.63, 3.8) is 0 Å². The molecule has 0 bridgehead atoms. The molecule has 2 aliphatic heterocycles. The lowest BCUT2D eigenvalue weighted by Crippen LogP contribution is -2.33. The minimum atomic E-state index is -0.334. The van der Waals surface area contributed by atoms with Crippen molar-refractivity contribution in [2.24, 2.45) is 0 Å². The predicted molar refractivity (Wildman–Crippen MR) is 150 cm³/mol. The number of pyridine rings is 1. The molecule has 2 amide bonds. The van der Waals surface area contributed by atoms with Crippen LogP contribution in [0.4, 0.5) is 11.8 Å². The Morgan fingerprint density at radius 1 is 1.28 bits per heavy atom. The third-order valence-corrected chi connectivity index (χ3v) is 7.39. The fourth-order valence-corrected chi connectivity index (χ4v) is 5.42. The van der Waals surface area contributed by atoms with Crippen molar-refractivity contribution >= 4 is 46.8 Å². The van der Waals surface area contributed by atoms with Crippen molar-refractivity contribution in [3.8, 4) is 5.75 Å². The van der Waals surface area contributed by atoms with Crippen molar-refractivity contribution in [1.29, 1.82) is 0 Å². The number of aromatic nitrogens is 4. The Balaban J connectivity index is 1.45. The lowest BCUT2D eigenvalue weighted by molar-refractivity contribution is -0.113. The third kappa shape index (κ3) is 5.32. The number of nitrogens with one attached hydrogen (secondary N) is 2. The molecule has 2 aliphatic rings. The molecular weight excluding hydrogens is 520 g/mol. The van der Waals surface area contributed by atoms with Gasteiger partial charge in [-0.15, -0.1) is 0 Å². The van der Waals surface area contributed by atoms with Crippen molar-refractivity contribution in [3.05, 3.63) is 57.3 Å². The van der Waals surface area contributed by atoms with Crippen LogP contribution >= 0.6 is 11.6 Å². The summed E-state index contributed by atoms with van der Waals surface area (Å²) in [4.78, 5) is 46.6.